The molecule has 0 aliphatic heterocycles. The van der Waals surface area contributed by atoms with E-state index in [1.54, 1.807) is 0 Å². The summed E-state index contributed by atoms with van der Waals surface area (Å²) < 4.78 is 0. The van der Waals surface area contributed by atoms with Crippen molar-refractivity contribution < 1.29 is 25.2 Å². The van der Waals surface area contributed by atoms with Gasteiger partial charge in [0.1, 0.15) is 0 Å². The third-order valence-electron chi connectivity index (χ3n) is 4.20. The largest absolute Gasteiger partial charge is 0.547 e. The fourth-order valence-corrected chi connectivity index (χ4v) is 2.65. The topological polar surface area (TPSA) is 101 Å². The number of carbonyl (C=O) groups is 1. The second-order valence-electron chi connectivity index (χ2n) is 6.67. The highest BCUT2D eigenvalue weighted by Gasteiger charge is 2.03. The van der Waals surface area contributed by atoms with Crippen LogP contribution in [-0.2, 0) is 4.79 Å². The van der Waals surface area contributed by atoms with E-state index in [0.717, 1.165) is 19.3 Å². The third-order valence-corrected chi connectivity index (χ3v) is 4.20. The Kier molecular flexibility index (Phi) is 24.8. The van der Waals surface area contributed by atoms with Gasteiger partial charge in [-0.2, -0.15) is 0 Å². The molecule has 1 atom stereocenters. The molecule has 0 rings (SSSR count). The number of hydrogen-bond acceptors (Lipinski definition) is 5. The van der Waals surface area contributed by atoms with Crippen molar-refractivity contribution in [3.05, 3.63) is 0 Å². The molecule has 5 heteroatoms. The van der Waals surface area contributed by atoms with Crippen LogP contribution >= 0.6 is 0 Å². The summed E-state index contributed by atoms with van der Waals surface area (Å²) in [7, 11) is 0. The smallest absolute Gasteiger partial charge is 0.0933 e. The zero-order valence-electron chi connectivity index (χ0n) is 16.3. The van der Waals surface area contributed by atoms with Crippen molar-refractivity contribution >= 4 is 5.97 Å². The summed E-state index contributed by atoms with van der Waals surface area (Å²) in [4.78, 5) is 10.3. The molecule has 0 fully saturated rings. The fraction of sp³-hybridized carbons (Fsp3) is 0.950. The second-order valence-corrected chi connectivity index (χ2v) is 6.67. The van der Waals surface area contributed by atoms with Gasteiger partial charge in [0.05, 0.1) is 25.3 Å². The Labute approximate surface area is 154 Å². The average Bonchev–Trinajstić information content (AvgIpc) is 2.61. The van der Waals surface area contributed by atoms with E-state index in [0.29, 0.717) is 6.42 Å². The number of carboxylic acids is 1. The predicted molar refractivity (Wildman–Crippen MR) is 100 cm³/mol. The summed E-state index contributed by atoms with van der Waals surface area (Å²) in [6.07, 6.45) is 16.9. The molecule has 0 saturated carbocycles. The lowest BCUT2D eigenvalue weighted by Crippen LogP contribution is -2.35. The minimum absolute atomic E-state index is 0.125. The average molecular weight is 362 g/mol. The first-order chi connectivity index (χ1) is 12.1. The molecule has 0 amide bonds. The van der Waals surface area contributed by atoms with E-state index in [2.05, 4.69) is 6.92 Å². The molecular weight excluding hydrogens is 320 g/mol. The zero-order valence-corrected chi connectivity index (χ0v) is 16.3. The van der Waals surface area contributed by atoms with E-state index in [-0.39, 0.29) is 13.2 Å². The van der Waals surface area contributed by atoms with Gasteiger partial charge in [-0.25, -0.2) is 0 Å². The number of aliphatic hydroxyl groups excluding tert-OH is 3. The number of rotatable bonds is 17. The Morgan fingerprint density at radius 2 is 1.04 bits per heavy atom. The quantitative estimate of drug-likeness (QED) is 0.346. The maximum Gasteiger partial charge on any atom is 0.0933 e. The van der Waals surface area contributed by atoms with Crippen molar-refractivity contribution in [3.63, 3.8) is 0 Å². The van der Waals surface area contributed by atoms with Crippen molar-refractivity contribution in [2.45, 2.75) is 109 Å². The van der Waals surface area contributed by atoms with Gasteiger partial charge in [0.25, 0.3) is 0 Å². The van der Waals surface area contributed by atoms with Crippen molar-refractivity contribution in [3.8, 4) is 0 Å². The summed E-state index contributed by atoms with van der Waals surface area (Å²) in [5.74, 6) is -1.34. The fourth-order valence-electron chi connectivity index (χ4n) is 2.65. The number of aliphatic carboxylic acids is 1. The first-order valence-corrected chi connectivity index (χ1v) is 10.2. The van der Waals surface area contributed by atoms with E-state index in [9.17, 15) is 9.90 Å². The molecule has 0 aliphatic rings. The van der Waals surface area contributed by atoms with Crippen LogP contribution in [-0.4, -0.2) is 40.6 Å². The molecule has 0 radical (unpaired) electrons. The first kappa shape index (κ1) is 26.6. The molecule has 0 aliphatic carbocycles. The molecule has 0 aromatic rings. The molecule has 25 heavy (non-hydrogen) atoms. The Bertz CT molecular complexity index is 256. The minimum atomic E-state index is -1.34. The Hall–Kier alpha value is -0.650. The van der Waals surface area contributed by atoms with Crippen LogP contribution in [0.5, 0.6) is 0 Å². The maximum absolute atomic E-state index is 10.3. The molecule has 5 nitrogen and oxygen atoms in total. The van der Waals surface area contributed by atoms with E-state index in [4.69, 9.17) is 15.3 Å². The summed E-state index contributed by atoms with van der Waals surface area (Å²) in [5.41, 5.74) is 0. The van der Waals surface area contributed by atoms with Crippen LogP contribution in [0.2, 0.25) is 0 Å². The van der Waals surface area contributed by atoms with Gasteiger partial charge >= 0.3 is 0 Å². The molecule has 0 spiro atoms. The third kappa shape index (κ3) is 25.7. The van der Waals surface area contributed by atoms with Crippen LogP contribution in [0.1, 0.15) is 103 Å². The molecule has 0 aromatic heterocycles. The number of hydrogen-bond donors (Lipinski definition) is 3. The number of aliphatic hydroxyl groups is 3. The number of carboxylic acid groups (broad SMARTS) is 1. The molecule has 0 bridgehead atoms. The monoisotopic (exact) mass is 361 g/mol. The molecular formula is C20H41O5-. The van der Waals surface area contributed by atoms with E-state index in [1.807, 2.05) is 0 Å². The van der Waals surface area contributed by atoms with Gasteiger partial charge in [-0.3, -0.25) is 0 Å². The highest BCUT2D eigenvalue weighted by molar-refractivity contribution is 5.69. The van der Waals surface area contributed by atoms with Gasteiger partial charge in [-0.1, -0.05) is 96.8 Å². The standard InChI is InChI=1S/C18H36O3.C2H6O2/c1-2-3-4-5-6-7-8-9-10-11-12-13-14-15-16-17(19)18(20)21;3-1-2-4/h17,19H,2-16H2,1H3,(H,20,21);3-4H,1-2H2/p-1. The van der Waals surface area contributed by atoms with E-state index < -0.39 is 12.1 Å². The number of carbonyl (C=O) groups excluding carboxylic acids is 1. The van der Waals surface area contributed by atoms with Crippen molar-refractivity contribution in [1.29, 1.82) is 0 Å². The summed E-state index contributed by atoms with van der Waals surface area (Å²) >= 11 is 0. The number of unbranched alkanes of at least 4 members (excludes halogenated alkanes) is 13. The van der Waals surface area contributed by atoms with E-state index in [1.165, 1.54) is 70.6 Å². The minimum Gasteiger partial charge on any atom is -0.547 e. The molecule has 1 unspecified atom stereocenters. The zero-order chi connectivity index (χ0) is 19.2. The highest BCUT2D eigenvalue weighted by atomic mass is 16.4. The lowest BCUT2D eigenvalue weighted by Gasteiger charge is -2.10. The van der Waals surface area contributed by atoms with Crippen LogP contribution in [0.25, 0.3) is 0 Å². The highest BCUT2D eigenvalue weighted by Crippen LogP contribution is 2.13. The Balaban J connectivity index is 0. The lowest BCUT2D eigenvalue weighted by atomic mass is 10.0. The van der Waals surface area contributed by atoms with Crippen LogP contribution in [0.3, 0.4) is 0 Å². The lowest BCUT2D eigenvalue weighted by molar-refractivity contribution is -0.315. The summed E-state index contributed by atoms with van der Waals surface area (Å²) in [6, 6.07) is 0. The van der Waals surface area contributed by atoms with Crippen LogP contribution < -0.4 is 5.11 Å². The molecule has 152 valence electrons. The Morgan fingerprint density at radius 3 is 1.32 bits per heavy atom. The van der Waals surface area contributed by atoms with Crippen LogP contribution in [0.4, 0.5) is 0 Å². The maximum atomic E-state index is 10.3. The molecule has 0 heterocycles. The van der Waals surface area contributed by atoms with Gasteiger partial charge in [-0.05, 0) is 6.42 Å². The summed E-state index contributed by atoms with van der Waals surface area (Å²) in [5, 5.41) is 34.6. The SMILES string of the molecule is CCCCCCCCCCCCCCCCC(O)C(=O)[O-].OCCO. The Morgan fingerprint density at radius 1 is 0.720 bits per heavy atom. The van der Waals surface area contributed by atoms with Crippen molar-refractivity contribution in [2.75, 3.05) is 13.2 Å². The van der Waals surface area contributed by atoms with Crippen molar-refractivity contribution in [1.82, 2.24) is 0 Å². The van der Waals surface area contributed by atoms with Crippen molar-refractivity contribution in [2.24, 2.45) is 0 Å². The molecule has 0 saturated heterocycles. The van der Waals surface area contributed by atoms with E-state index >= 15 is 0 Å². The van der Waals surface area contributed by atoms with Gasteiger partial charge in [0.15, 0.2) is 0 Å². The first-order valence-electron chi connectivity index (χ1n) is 10.2. The molecule has 3 N–H and O–H groups in total. The van der Waals surface area contributed by atoms with Gasteiger partial charge < -0.3 is 25.2 Å². The predicted octanol–water partition coefficient (Wildman–Crippen LogP) is 2.94. The second kappa shape index (κ2) is 23.4. The van der Waals surface area contributed by atoms with Gasteiger partial charge in [-0.15, -0.1) is 0 Å². The molecule has 0 aromatic carbocycles. The van der Waals surface area contributed by atoms with Crippen LogP contribution in [0, 0.1) is 0 Å². The summed E-state index contributed by atoms with van der Waals surface area (Å²) in [6.45, 7) is 2.01. The normalized spacial score (nSPS) is 11.7. The van der Waals surface area contributed by atoms with Crippen LogP contribution in [0.15, 0.2) is 0 Å². The van der Waals surface area contributed by atoms with Gasteiger partial charge in [0, 0.05) is 0 Å². The van der Waals surface area contributed by atoms with Gasteiger partial charge in [0.2, 0.25) is 0 Å².